The average molecular weight is 358 g/mol. The maximum atomic E-state index is 12.3. The molecule has 22 heavy (non-hydrogen) atoms. The molecule has 3 nitrogen and oxygen atoms in total. The van der Waals surface area contributed by atoms with Crippen molar-refractivity contribution >= 4 is 33.3 Å². The maximum absolute atomic E-state index is 12.3. The summed E-state index contributed by atoms with van der Waals surface area (Å²) in [7, 11) is 0. The Balaban J connectivity index is 1.67. The van der Waals surface area contributed by atoms with E-state index in [9.17, 15) is 9.59 Å². The van der Waals surface area contributed by atoms with Gasteiger partial charge in [0.05, 0.1) is 0 Å². The Hall–Kier alpha value is -1.94. The van der Waals surface area contributed by atoms with Crippen LogP contribution in [0.3, 0.4) is 0 Å². The van der Waals surface area contributed by atoms with Gasteiger partial charge in [0, 0.05) is 21.6 Å². The quantitative estimate of drug-likeness (QED) is 0.824. The summed E-state index contributed by atoms with van der Waals surface area (Å²) in [5.74, 6) is 0.309. The maximum Gasteiger partial charge on any atom is 0.228 e. The van der Waals surface area contributed by atoms with Crippen LogP contribution in [0.5, 0.6) is 0 Å². The molecule has 1 fully saturated rings. The highest BCUT2D eigenvalue weighted by molar-refractivity contribution is 9.10. The van der Waals surface area contributed by atoms with Crippen LogP contribution in [0, 0.1) is 5.92 Å². The van der Waals surface area contributed by atoms with E-state index in [1.807, 2.05) is 12.1 Å². The first-order valence-electron chi connectivity index (χ1n) is 7.22. The lowest BCUT2D eigenvalue weighted by atomic mass is 10.1. The van der Waals surface area contributed by atoms with E-state index in [2.05, 4.69) is 33.4 Å². The molecule has 2 aromatic carbocycles. The third kappa shape index (κ3) is 3.28. The summed E-state index contributed by atoms with van der Waals surface area (Å²) in [4.78, 5) is 23.7. The zero-order valence-electron chi connectivity index (χ0n) is 12.2. The molecule has 1 aliphatic carbocycles. The van der Waals surface area contributed by atoms with Crippen molar-refractivity contribution in [1.29, 1.82) is 0 Å². The van der Waals surface area contributed by atoms with Gasteiger partial charge in [0.2, 0.25) is 5.91 Å². The molecule has 0 spiro atoms. The molecule has 0 radical (unpaired) electrons. The lowest BCUT2D eigenvalue weighted by Crippen LogP contribution is -2.14. The molecule has 2 aromatic rings. The molecule has 2 unspecified atom stereocenters. The van der Waals surface area contributed by atoms with Crippen molar-refractivity contribution in [3.8, 4) is 0 Å². The van der Waals surface area contributed by atoms with Gasteiger partial charge in [0.15, 0.2) is 5.78 Å². The second-order valence-corrected chi connectivity index (χ2v) is 6.55. The molecule has 1 amide bonds. The number of hydrogen-bond donors (Lipinski definition) is 1. The largest absolute Gasteiger partial charge is 0.326 e. The van der Waals surface area contributed by atoms with Gasteiger partial charge in [-0.25, -0.2) is 0 Å². The van der Waals surface area contributed by atoms with Gasteiger partial charge in [-0.15, -0.1) is 0 Å². The van der Waals surface area contributed by atoms with Gasteiger partial charge in [-0.3, -0.25) is 9.59 Å². The Labute approximate surface area is 137 Å². The Morgan fingerprint density at radius 3 is 2.64 bits per heavy atom. The van der Waals surface area contributed by atoms with Crippen molar-refractivity contribution in [3.63, 3.8) is 0 Å². The predicted molar refractivity (Wildman–Crippen MR) is 90.1 cm³/mol. The van der Waals surface area contributed by atoms with Gasteiger partial charge >= 0.3 is 0 Å². The number of amides is 1. The standard InChI is InChI=1S/C18H16BrNO2/c1-11(21)12-4-3-7-15(9-12)20-18(22)17-10-16(17)13-5-2-6-14(19)8-13/h2-9,16-17H,10H2,1H3,(H,20,22). The topological polar surface area (TPSA) is 46.2 Å². The summed E-state index contributed by atoms with van der Waals surface area (Å²) in [5.41, 5.74) is 2.47. The third-order valence-electron chi connectivity index (χ3n) is 3.94. The number of ketones is 1. The number of carbonyl (C=O) groups excluding carboxylic acids is 2. The zero-order valence-corrected chi connectivity index (χ0v) is 13.8. The van der Waals surface area contributed by atoms with Crippen LogP contribution < -0.4 is 5.32 Å². The molecule has 1 aliphatic rings. The highest BCUT2D eigenvalue weighted by Crippen LogP contribution is 2.48. The van der Waals surface area contributed by atoms with Crippen LogP contribution in [0.1, 0.15) is 35.2 Å². The van der Waals surface area contributed by atoms with Crippen LogP contribution in [0.15, 0.2) is 53.0 Å². The molecule has 0 heterocycles. The number of benzene rings is 2. The van der Waals surface area contributed by atoms with Crippen LogP contribution >= 0.6 is 15.9 Å². The van der Waals surface area contributed by atoms with Crippen LogP contribution in [0.25, 0.3) is 0 Å². The first-order chi connectivity index (χ1) is 10.5. The van der Waals surface area contributed by atoms with Crippen molar-refractivity contribution in [2.45, 2.75) is 19.3 Å². The number of carbonyl (C=O) groups is 2. The van der Waals surface area contributed by atoms with Gasteiger partial charge in [0.25, 0.3) is 0 Å². The number of rotatable bonds is 4. The molecule has 2 atom stereocenters. The molecule has 3 rings (SSSR count). The summed E-state index contributed by atoms with van der Waals surface area (Å²) < 4.78 is 1.03. The van der Waals surface area contributed by atoms with E-state index in [4.69, 9.17) is 0 Å². The van der Waals surface area contributed by atoms with Gasteiger partial charge in [-0.1, -0.05) is 40.2 Å². The summed E-state index contributed by atoms with van der Waals surface area (Å²) >= 11 is 3.46. The summed E-state index contributed by atoms with van der Waals surface area (Å²) in [6, 6.07) is 15.1. The number of Topliss-reactive ketones (excluding diaryl/α,β-unsaturated/α-hetero) is 1. The minimum absolute atomic E-state index is 0.00506. The SMILES string of the molecule is CC(=O)c1cccc(NC(=O)C2CC2c2cccc(Br)c2)c1. The summed E-state index contributed by atoms with van der Waals surface area (Å²) in [6.45, 7) is 1.52. The van der Waals surface area contributed by atoms with E-state index in [0.29, 0.717) is 11.3 Å². The molecule has 0 aliphatic heterocycles. The fourth-order valence-electron chi connectivity index (χ4n) is 2.64. The Morgan fingerprint density at radius 2 is 1.91 bits per heavy atom. The number of hydrogen-bond acceptors (Lipinski definition) is 2. The van der Waals surface area contributed by atoms with E-state index in [0.717, 1.165) is 10.9 Å². The van der Waals surface area contributed by atoms with Crippen molar-refractivity contribution in [2.75, 3.05) is 5.32 Å². The van der Waals surface area contributed by atoms with Gasteiger partial charge < -0.3 is 5.32 Å². The Bertz CT molecular complexity index is 741. The minimum atomic E-state index is -0.00506. The van der Waals surface area contributed by atoms with E-state index >= 15 is 0 Å². The van der Waals surface area contributed by atoms with Crippen LogP contribution in [-0.4, -0.2) is 11.7 Å². The smallest absolute Gasteiger partial charge is 0.228 e. The molecule has 112 valence electrons. The highest BCUT2D eigenvalue weighted by Gasteiger charge is 2.43. The zero-order chi connectivity index (χ0) is 15.7. The van der Waals surface area contributed by atoms with E-state index in [-0.39, 0.29) is 23.5 Å². The molecular formula is C18H16BrNO2. The third-order valence-corrected chi connectivity index (χ3v) is 4.43. The van der Waals surface area contributed by atoms with Gasteiger partial charge in [-0.2, -0.15) is 0 Å². The van der Waals surface area contributed by atoms with Gasteiger partial charge in [0.1, 0.15) is 0 Å². The predicted octanol–water partition coefficient (Wildman–Crippen LogP) is 4.39. The Morgan fingerprint density at radius 1 is 1.14 bits per heavy atom. The van der Waals surface area contributed by atoms with Crippen molar-refractivity contribution < 1.29 is 9.59 Å². The fraction of sp³-hybridized carbons (Fsp3) is 0.222. The first-order valence-corrected chi connectivity index (χ1v) is 8.01. The van der Waals surface area contributed by atoms with E-state index in [1.165, 1.54) is 12.5 Å². The van der Waals surface area contributed by atoms with Crippen LogP contribution in [-0.2, 0) is 4.79 Å². The number of nitrogens with one attached hydrogen (secondary N) is 1. The van der Waals surface area contributed by atoms with E-state index in [1.54, 1.807) is 24.3 Å². The monoisotopic (exact) mass is 357 g/mol. The highest BCUT2D eigenvalue weighted by atomic mass is 79.9. The van der Waals surface area contributed by atoms with Crippen LogP contribution in [0.4, 0.5) is 5.69 Å². The fourth-order valence-corrected chi connectivity index (χ4v) is 3.06. The molecule has 0 bridgehead atoms. The number of halogens is 1. The molecule has 0 aromatic heterocycles. The lowest BCUT2D eigenvalue weighted by molar-refractivity contribution is -0.117. The van der Waals surface area contributed by atoms with E-state index < -0.39 is 0 Å². The Kier molecular flexibility index (Phi) is 4.12. The van der Waals surface area contributed by atoms with Crippen molar-refractivity contribution in [3.05, 3.63) is 64.1 Å². The second-order valence-electron chi connectivity index (χ2n) is 5.63. The van der Waals surface area contributed by atoms with Crippen molar-refractivity contribution in [2.24, 2.45) is 5.92 Å². The minimum Gasteiger partial charge on any atom is -0.326 e. The molecule has 1 saturated carbocycles. The molecule has 0 saturated heterocycles. The number of anilines is 1. The molecule has 1 N–H and O–H groups in total. The van der Waals surface area contributed by atoms with Crippen molar-refractivity contribution in [1.82, 2.24) is 0 Å². The van der Waals surface area contributed by atoms with Crippen LogP contribution in [0.2, 0.25) is 0 Å². The summed E-state index contributed by atoms with van der Waals surface area (Å²) in [5, 5.41) is 2.91. The molecule has 4 heteroatoms. The summed E-state index contributed by atoms with van der Waals surface area (Å²) in [6.07, 6.45) is 0.870. The second kappa shape index (κ2) is 6.05. The normalized spacial score (nSPS) is 19.5. The lowest BCUT2D eigenvalue weighted by Gasteiger charge is -2.06. The first kappa shape index (κ1) is 15.0. The molecular weight excluding hydrogens is 342 g/mol. The average Bonchev–Trinajstić information content (AvgIpc) is 3.28. The van der Waals surface area contributed by atoms with Gasteiger partial charge in [-0.05, 0) is 49.1 Å².